The van der Waals surface area contributed by atoms with E-state index in [1.54, 1.807) is 0 Å². The molecule has 2 aromatic carbocycles. The molecule has 3 rings (SSSR count). The van der Waals surface area contributed by atoms with Crippen molar-refractivity contribution in [1.29, 1.82) is 0 Å². The van der Waals surface area contributed by atoms with Gasteiger partial charge in [0.2, 0.25) is 0 Å². The Morgan fingerprint density at radius 3 is 1.90 bits per heavy atom. The van der Waals surface area contributed by atoms with Crippen molar-refractivity contribution in [3.05, 3.63) is 60.2 Å². The van der Waals surface area contributed by atoms with Gasteiger partial charge in [-0.15, -0.1) is 0 Å². The summed E-state index contributed by atoms with van der Waals surface area (Å²) in [5.74, 6) is 0. The van der Waals surface area contributed by atoms with E-state index in [1.165, 1.54) is 16.7 Å². The maximum atomic E-state index is 6.38. The molecular weight excluding hydrogens is 246 g/mol. The van der Waals surface area contributed by atoms with E-state index in [9.17, 15) is 0 Å². The molecule has 0 saturated carbocycles. The summed E-state index contributed by atoms with van der Waals surface area (Å²) in [6, 6.07) is 19.2. The molecule has 0 unspecified atom stereocenters. The molecule has 1 aliphatic heterocycles. The minimum absolute atomic E-state index is 0.0534. The summed E-state index contributed by atoms with van der Waals surface area (Å²) in [5, 5.41) is 0. The third kappa shape index (κ3) is 2.05. The largest absolute Gasteiger partial charge is 0.379 e. The third-order valence-electron chi connectivity index (χ3n) is 4.47. The number of hydrogen-bond acceptors (Lipinski definition) is 2. The fourth-order valence-corrected chi connectivity index (χ4v) is 2.83. The normalized spacial score (nSPS) is 17.6. The fourth-order valence-electron chi connectivity index (χ4n) is 2.83. The Balaban J connectivity index is 1.94. The summed E-state index contributed by atoms with van der Waals surface area (Å²) in [4.78, 5) is 0. The first-order valence-electron chi connectivity index (χ1n) is 7.06. The highest BCUT2D eigenvalue weighted by molar-refractivity contribution is 5.63. The van der Waals surface area contributed by atoms with Crippen LogP contribution in [0, 0.1) is 0 Å². The van der Waals surface area contributed by atoms with Crippen molar-refractivity contribution < 1.29 is 4.74 Å². The number of nitrogens with two attached hydrogens (primary N) is 1. The topological polar surface area (TPSA) is 35.2 Å². The van der Waals surface area contributed by atoms with Crippen LogP contribution in [0.3, 0.4) is 0 Å². The van der Waals surface area contributed by atoms with Gasteiger partial charge in [0.1, 0.15) is 0 Å². The van der Waals surface area contributed by atoms with Crippen molar-refractivity contribution >= 4 is 0 Å². The van der Waals surface area contributed by atoms with Crippen LogP contribution >= 0.6 is 0 Å². The van der Waals surface area contributed by atoms with E-state index in [0.29, 0.717) is 13.2 Å². The van der Waals surface area contributed by atoms with E-state index in [-0.39, 0.29) is 11.0 Å². The van der Waals surface area contributed by atoms with Crippen LogP contribution in [0.1, 0.15) is 19.4 Å². The van der Waals surface area contributed by atoms with Crippen LogP contribution < -0.4 is 5.73 Å². The van der Waals surface area contributed by atoms with Gasteiger partial charge in [0.15, 0.2) is 0 Å². The quantitative estimate of drug-likeness (QED) is 0.925. The Kier molecular flexibility index (Phi) is 3.15. The van der Waals surface area contributed by atoms with Crippen molar-refractivity contribution in [1.82, 2.24) is 0 Å². The van der Waals surface area contributed by atoms with E-state index >= 15 is 0 Å². The number of benzene rings is 2. The van der Waals surface area contributed by atoms with Gasteiger partial charge in [0.25, 0.3) is 0 Å². The summed E-state index contributed by atoms with van der Waals surface area (Å²) in [6.45, 7) is 5.59. The molecule has 0 aromatic heterocycles. The first-order valence-corrected chi connectivity index (χ1v) is 7.06. The van der Waals surface area contributed by atoms with Crippen LogP contribution in [-0.4, -0.2) is 18.8 Å². The van der Waals surface area contributed by atoms with Crippen LogP contribution in [0.2, 0.25) is 0 Å². The minimum Gasteiger partial charge on any atom is -0.379 e. The lowest BCUT2D eigenvalue weighted by Gasteiger charge is -2.51. The third-order valence-corrected chi connectivity index (χ3v) is 4.47. The minimum atomic E-state index is -0.278. The lowest BCUT2D eigenvalue weighted by Crippen LogP contribution is -2.64. The van der Waals surface area contributed by atoms with Gasteiger partial charge < -0.3 is 10.5 Å². The average Bonchev–Trinajstić information content (AvgIpc) is 2.37. The van der Waals surface area contributed by atoms with Crippen molar-refractivity contribution in [2.24, 2.45) is 5.73 Å². The van der Waals surface area contributed by atoms with Gasteiger partial charge in [-0.05, 0) is 30.5 Å². The molecule has 0 amide bonds. The molecule has 1 saturated heterocycles. The molecule has 0 radical (unpaired) electrons. The molecule has 2 N–H and O–H groups in total. The van der Waals surface area contributed by atoms with Crippen molar-refractivity contribution in [2.45, 2.75) is 24.8 Å². The molecule has 0 spiro atoms. The standard InChI is InChI=1S/C18H21NO/c1-17(2,19)18(12-20-13-18)16-10-8-15(9-11-16)14-6-4-3-5-7-14/h3-11H,12-13,19H2,1-2H3. The molecule has 0 bridgehead atoms. The van der Waals surface area contributed by atoms with Gasteiger partial charge in [-0.25, -0.2) is 0 Å². The molecule has 20 heavy (non-hydrogen) atoms. The molecule has 2 nitrogen and oxygen atoms in total. The second-order valence-corrected chi connectivity index (χ2v) is 6.24. The average molecular weight is 267 g/mol. The van der Waals surface area contributed by atoms with E-state index < -0.39 is 0 Å². The van der Waals surface area contributed by atoms with Crippen LogP contribution in [0.25, 0.3) is 11.1 Å². The van der Waals surface area contributed by atoms with Crippen LogP contribution in [0.4, 0.5) is 0 Å². The smallest absolute Gasteiger partial charge is 0.0603 e. The molecule has 104 valence electrons. The van der Waals surface area contributed by atoms with Crippen molar-refractivity contribution in [3.63, 3.8) is 0 Å². The van der Waals surface area contributed by atoms with E-state index in [2.05, 4.69) is 62.4 Å². The van der Waals surface area contributed by atoms with E-state index in [1.807, 2.05) is 6.07 Å². The zero-order chi connectivity index (χ0) is 14.2. The molecule has 0 aliphatic carbocycles. The van der Waals surface area contributed by atoms with Crippen molar-refractivity contribution in [3.8, 4) is 11.1 Å². The highest BCUT2D eigenvalue weighted by atomic mass is 16.5. The van der Waals surface area contributed by atoms with E-state index in [4.69, 9.17) is 10.5 Å². The van der Waals surface area contributed by atoms with Gasteiger partial charge in [-0.2, -0.15) is 0 Å². The Bertz CT molecular complexity index is 577. The van der Waals surface area contributed by atoms with Crippen LogP contribution in [0.15, 0.2) is 54.6 Å². The van der Waals surface area contributed by atoms with Gasteiger partial charge in [-0.1, -0.05) is 54.6 Å². The number of rotatable bonds is 3. The summed E-state index contributed by atoms with van der Waals surface area (Å²) in [5.41, 5.74) is 9.80. The zero-order valence-corrected chi connectivity index (χ0v) is 12.1. The SMILES string of the molecule is CC(C)(N)C1(c2ccc(-c3ccccc3)cc2)COC1. The number of hydrogen-bond donors (Lipinski definition) is 1. The lowest BCUT2D eigenvalue weighted by molar-refractivity contribution is -0.0918. The van der Waals surface area contributed by atoms with Gasteiger partial charge >= 0.3 is 0 Å². The molecular formula is C18H21NO. The van der Waals surface area contributed by atoms with Crippen molar-refractivity contribution in [2.75, 3.05) is 13.2 Å². The zero-order valence-electron chi connectivity index (χ0n) is 12.1. The first kappa shape index (κ1) is 13.3. The van der Waals surface area contributed by atoms with E-state index in [0.717, 1.165) is 0 Å². The second-order valence-electron chi connectivity index (χ2n) is 6.24. The summed E-state index contributed by atoms with van der Waals surface area (Å²) in [7, 11) is 0. The molecule has 1 heterocycles. The lowest BCUT2D eigenvalue weighted by atomic mass is 9.65. The summed E-state index contributed by atoms with van der Waals surface area (Å²) in [6.07, 6.45) is 0. The monoisotopic (exact) mass is 267 g/mol. The predicted octanol–water partition coefficient (Wildman–Crippen LogP) is 3.36. The summed E-state index contributed by atoms with van der Waals surface area (Å²) >= 11 is 0. The highest BCUT2D eigenvalue weighted by Crippen LogP contribution is 2.41. The fraction of sp³-hybridized carbons (Fsp3) is 0.333. The Morgan fingerprint density at radius 2 is 1.45 bits per heavy atom. The maximum Gasteiger partial charge on any atom is 0.0603 e. The molecule has 2 aromatic rings. The van der Waals surface area contributed by atoms with Crippen LogP contribution in [-0.2, 0) is 10.2 Å². The highest BCUT2D eigenvalue weighted by Gasteiger charge is 2.50. The van der Waals surface area contributed by atoms with Gasteiger partial charge in [0.05, 0.1) is 18.6 Å². The van der Waals surface area contributed by atoms with Crippen LogP contribution in [0.5, 0.6) is 0 Å². The Labute approximate surface area is 120 Å². The second kappa shape index (κ2) is 4.72. The molecule has 1 fully saturated rings. The molecule has 2 heteroatoms. The first-order chi connectivity index (χ1) is 9.53. The number of ether oxygens (including phenoxy) is 1. The Hall–Kier alpha value is -1.64. The maximum absolute atomic E-state index is 6.38. The van der Waals surface area contributed by atoms with Gasteiger partial charge in [-0.3, -0.25) is 0 Å². The molecule has 0 atom stereocenters. The molecule has 1 aliphatic rings. The van der Waals surface area contributed by atoms with Gasteiger partial charge in [0, 0.05) is 5.54 Å². The predicted molar refractivity (Wildman–Crippen MR) is 82.6 cm³/mol. The summed E-state index contributed by atoms with van der Waals surface area (Å²) < 4.78 is 5.45. The Morgan fingerprint density at radius 1 is 0.900 bits per heavy atom.